The van der Waals surface area contributed by atoms with Gasteiger partial charge in [-0.25, -0.2) is 4.79 Å². The maximum absolute atomic E-state index is 11.8. The Labute approximate surface area is 114 Å². The maximum Gasteiger partial charge on any atom is 0.341 e. The van der Waals surface area contributed by atoms with Gasteiger partial charge < -0.3 is 4.74 Å². The molecular formula is C14H21N3O2. The zero-order chi connectivity index (χ0) is 14.3. The summed E-state index contributed by atoms with van der Waals surface area (Å²) in [4.78, 5) is 11.8. The minimum atomic E-state index is -0.347. The molecule has 1 aromatic heterocycles. The van der Waals surface area contributed by atoms with E-state index in [2.05, 4.69) is 23.3 Å². The number of hydrogen-bond donors (Lipinski definition) is 1. The Bertz CT molecular complexity index is 460. The molecule has 0 aromatic carbocycles. The molecule has 1 rings (SSSR count). The Morgan fingerprint density at radius 3 is 2.95 bits per heavy atom. The number of esters is 1. The van der Waals surface area contributed by atoms with Crippen LogP contribution in [-0.2, 0) is 18.3 Å². The maximum atomic E-state index is 11.8. The van der Waals surface area contributed by atoms with E-state index in [0.717, 1.165) is 18.5 Å². The summed E-state index contributed by atoms with van der Waals surface area (Å²) in [6.45, 7) is 4.71. The SMILES string of the molecule is C#CC(CCC)NCc1c(C(=O)OCC)cnn1C. The van der Waals surface area contributed by atoms with Gasteiger partial charge in [-0.15, -0.1) is 6.42 Å². The number of carbonyl (C=O) groups is 1. The van der Waals surface area contributed by atoms with Crippen LogP contribution in [0.5, 0.6) is 0 Å². The van der Waals surface area contributed by atoms with Gasteiger partial charge in [-0.1, -0.05) is 19.3 Å². The Morgan fingerprint density at radius 2 is 2.37 bits per heavy atom. The molecule has 0 bridgehead atoms. The molecule has 19 heavy (non-hydrogen) atoms. The molecule has 1 atom stereocenters. The number of terminal acetylenes is 1. The van der Waals surface area contributed by atoms with E-state index in [1.54, 1.807) is 18.7 Å². The Hall–Kier alpha value is -1.80. The van der Waals surface area contributed by atoms with Gasteiger partial charge in [0.25, 0.3) is 0 Å². The zero-order valence-electron chi connectivity index (χ0n) is 11.8. The smallest absolute Gasteiger partial charge is 0.341 e. The molecule has 5 heteroatoms. The van der Waals surface area contributed by atoms with Crippen molar-refractivity contribution in [2.45, 2.75) is 39.3 Å². The lowest BCUT2D eigenvalue weighted by atomic mass is 10.1. The van der Waals surface area contributed by atoms with Crippen molar-refractivity contribution < 1.29 is 9.53 Å². The Morgan fingerprint density at radius 1 is 1.63 bits per heavy atom. The average Bonchev–Trinajstić information content (AvgIpc) is 2.76. The highest BCUT2D eigenvalue weighted by Gasteiger charge is 2.17. The number of aromatic nitrogens is 2. The molecule has 1 unspecified atom stereocenters. The topological polar surface area (TPSA) is 56.1 Å². The van der Waals surface area contributed by atoms with Crippen LogP contribution in [0.25, 0.3) is 0 Å². The summed E-state index contributed by atoms with van der Waals surface area (Å²) in [5.41, 5.74) is 1.28. The van der Waals surface area contributed by atoms with Crippen molar-refractivity contribution >= 4 is 5.97 Å². The van der Waals surface area contributed by atoms with Crippen molar-refractivity contribution in [3.8, 4) is 12.3 Å². The molecule has 0 fully saturated rings. The third-order valence-corrected chi connectivity index (χ3v) is 2.85. The monoisotopic (exact) mass is 263 g/mol. The van der Waals surface area contributed by atoms with Gasteiger partial charge in [0, 0.05) is 13.6 Å². The molecule has 0 radical (unpaired) electrons. The lowest BCUT2D eigenvalue weighted by Gasteiger charge is -2.13. The molecular weight excluding hydrogens is 242 g/mol. The summed E-state index contributed by atoms with van der Waals surface area (Å²) >= 11 is 0. The van der Waals surface area contributed by atoms with E-state index in [9.17, 15) is 4.79 Å². The number of rotatable bonds is 7. The number of ether oxygens (including phenoxy) is 1. The highest BCUT2D eigenvalue weighted by Crippen LogP contribution is 2.10. The fourth-order valence-electron chi connectivity index (χ4n) is 1.80. The quantitative estimate of drug-likeness (QED) is 0.598. The van der Waals surface area contributed by atoms with Crippen molar-refractivity contribution in [3.05, 3.63) is 17.5 Å². The third-order valence-electron chi connectivity index (χ3n) is 2.85. The predicted molar refractivity (Wildman–Crippen MR) is 73.5 cm³/mol. The van der Waals surface area contributed by atoms with E-state index in [1.165, 1.54) is 6.20 Å². The molecule has 5 nitrogen and oxygen atoms in total. The van der Waals surface area contributed by atoms with Crippen LogP contribution < -0.4 is 5.32 Å². The van der Waals surface area contributed by atoms with Crippen LogP contribution in [0, 0.1) is 12.3 Å². The molecule has 1 heterocycles. The summed E-state index contributed by atoms with van der Waals surface area (Å²) in [5, 5.41) is 7.34. The molecule has 0 amide bonds. The first kappa shape index (κ1) is 15.3. The van der Waals surface area contributed by atoms with Gasteiger partial charge in [0.2, 0.25) is 0 Å². The Kier molecular flexibility index (Phi) is 6.10. The number of hydrogen-bond acceptors (Lipinski definition) is 4. The van der Waals surface area contributed by atoms with E-state index >= 15 is 0 Å². The van der Waals surface area contributed by atoms with Crippen LogP contribution in [0.2, 0.25) is 0 Å². The Balaban J connectivity index is 2.75. The van der Waals surface area contributed by atoms with Crippen molar-refractivity contribution in [1.82, 2.24) is 15.1 Å². The number of nitrogens with one attached hydrogen (secondary N) is 1. The normalized spacial score (nSPS) is 11.9. The highest BCUT2D eigenvalue weighted by molar-refractivity contribution is 5.90. The van der Waals surface area contributed by atoms with Gasteiger partial charge in [-0.05, 0) is 13.3 Å². The molecule has 0 saturated heterocycles. The lowest BCUT2D eigenvalue weighted by molar-refractivity contribution is 0.0524. The van der Waals surface area contributed by atoms with Crippen molar-refractivity contribution in [1.29, 1.82) is 0 Å². The minimum absolute atomic E-state index is 0.00921. The van der Waals surface area contributed by atoms with E-state index in [-0.39, 0.29) is 12.0 Å². The predicted octanol–water partition coefficient (Wildman–Crippen LogP) is 1.49. The second-order valence-electron chi connectivity index (χ2n) is 4.24. The number of carbonyl (C=O) groups excluding carboxylic acids is 1. The largest absolute Gasteiger partial charge is 0.462 e. The molecule has 0 spiro atoms. The molecule has 0 aliphatic heterocycles. The molecule has 1 N–H and O–H groups in total. The first-order valence-corrected chi connectivity index (χ1v) is 6.51. The highest BCUT2D eigenvalue weighted by atomic mass is 16.5. The van der Waals surface area contributed by atoms with Crippen LogP contribution in [0.3, 0.4) is 0 Å². The van der Waals surface area contributed by atoms with Gasteiger partial charge in [0.1, 0.15) is 5.56 Å². The van der Waals surface area contributed by atoms with Crippen LogP contribution in [0.15, 0.2) is 6.20 Å². The van der Waals surface area contributed by atoms with Crippen LogP contribution >= 0.6 is 0 Å². The number of aryl methyl sites for hydroxylation is 1. The molecule has 104 valence electrons. The molecule has 0 saturated carbocycles. The van der Waals surface area contributed by atoms with E-state index in [4.69, 9.17) is 11.2 Å². The minimum Gasteiger partial charge on any atom is -0.462 e. The standard InChI is InChI=1S/C14H21N3O2/c1-5-8-11(6-2)15-10-13-12(9-16-17(13)4)14(18)19-7-3/h2,9,11,15H,5,7-8,10H2,1,3-4H3. The second kappa shape index (κ2) is 7.59. The van der Waals surface area contributed by atoms with E-state index < -0.39 is 0 Å². The van der Waals surface area contributed by atoms with Crippen molar-refractivity contribution in [2.75, 3.05) is 6.61 Å². The number of nitrogens with zero attached hydrogens (tertiary/aromatic N) is 2. The van der Waals surface area contributed by atoms with E-state index in [0.29, 0.717) is 18.7 Å². The van der Waals surface area contributed by atoms with Gasteiger partial charge in [-0.2, -0.15) is 5.10 Å². The summed E-state index contributed by atoms with van der Waals surface area (Å²) in [7, 11) is 1.80. The first-order valence-electron chi connectivity index (χ1n) is 6.51. The van der Waals surface area contributed by atoms with E-state index in [1.807, 2.05) is 0 Å². The van der Waals surface area contributed by atoms with Gasteiger partial charge in [-0.3, -0.25) is 10.00 Å². The van der Waals surface area contributed by atoms with Crippen LogP contribution in [0.4, 0.5) is 0 Å². The molecule has 0 aliphatic rings. The summed E-state index contributed by atoms with van der Waals surface area (Å²) in [6.07, 6.45) is 8.90. The third kappa shape index (κ3) is 4.11. The fourth-order valence-corrected chi connectivity index (χ4v) is 1.80. The average molecular weight is 263 g/mol. The fraction of sp³-hybridized carbons (Fsp3) is 0.571. The second-order valence-corrected chi connectivity index (χ2v) is 4.24. The summed E-state index contributed by atoms with van der Waals surface area (Å²) < 4.78 is 6.67. The van der Waals surface area contributed by atoms with Crippen LogP contribution in [0.1, 0.15) is 42.7 Å². The lowest BCUT2D eigenvalue weighted by Crippen LogP contribution is -2.28. The van der Waals surface area contributed by atoms with Crippen LogP contribution in [-0.4, -0.2) is 28.4 Å². The van der Waals surface area contributed by atoms with Gasteiger partial charge >= 0.3 is 5.97 Å². The molecule has 1 aromatic rings. The molecule has 0 aliphatic carbocycles. The summed E-state index contributed by atoms with van der Waals surface area (Å²) in [5.74, 6) is 2.35. The zero-order valence-corrected chi connectivity index (χ0v) is 11.8. The first-order chi connectivity index (χ1) is 9.13. The van der Waals surface area contributed by atoms with Crippen molar-refractivity contribution in [2.24, 2.45) is 7.05 Å². The van der Waals surface area contributed by atoms with Gasteiger partial charge in [0.05, 0.1) is 24.5 Å². The summed E-state index contributed by atoms with van der Waals surface area (Å²) in [6, 6.07) is 0.00921. The van der Waals surface area contributed by atoms with Crippen molar-refractivity contribution in [3.63, 3.8) is 0 Å². The van der Waals surface area contributed by atoms with Gasteiger partial charge in [0.15, 0.2) is 0 Å².